The molecule has 0 aliphatic heterocycles. The fraction of sp³-hybridized carbons (Fsp3) is 1.00. The van der Waals surface area contributed by atoms with Gasteiger partial charge in [-0.2, -0.15) is 0 Å². The third-order valence-electron chi connectivity index (χ3n) is 4.50. The topological polar surface area (TPSA) is 77.4 Å². The third-order valence-corrected chi connectivity index (χ3v) is 5.79. The maximum Gasteiger partial charge on any atom is 1.00 e. The molecule has 0 radical (unpaired) electrons. The first-order valence-corrected chi connectivity index (χ1v) is 11.0. The van der Waals surface area contributed by atoms with Gasteiger partial charge in [0.1, 0.15) is 10.1 Å². The average Bonchev–Trinajstić information content (AvgIpc) is 2.48. The third kappa shape index (κ3) is 15.7. The molecule has 0 rings (SSSR count). The van der Waals surface area contributed by atoms with Gasteiger partial charge in [-0.05, 0) is 12.8 Å². The van der Waals surface area contributed by atoms with Gasteiger partial charge in [0.25, 0.3) is 0 Å². The van der Waals surface area contributed by atoms with E-state index in [0.717, 1.165) is 25.7 Å². The van der Waals surface area contributed by atoms with Gasteiger partial charge in [0.2, 0.25) is 0 Å². The number of aliphatic hydroxyl groups is 1. The van der Waals surface area contributed by atoms with Crippen LogP contribution in [0.2, 0.25) is 0 Å². The molecule has 0 aliphatic rings. The van der Waals surface area contributed by atoms with Gasteiger partial charge in [0.15, 0.2) is 0 Å². The molecular weight excluding hydrogens is 351 g/mol. The minimum Gasteiger partial charge on any atom is -0.748 e. The first-order chi connectivity index (χ1) is 10.9. The molecule has 0 aromatic heterocycles. The summed E-state index contributed by atoms with van der Waals surface area (Å²) in [4.78, 5) is 0. The maximum atomic E-state index is 11.2. The van der Waals surface area contributed by atoms with Gasteiger partial charge in [0, 0.05) is 0 Å². The Labute approximate surface area is 192 Å². The molecule has 0 bridgehead atoms. The summed E-state index contributed by atoms with van der Waals surface area (Å²) in [5.74, 6) is 0. The minimum atomic E-state index is -4.40. The van der Waals surface area contributed by atoms with Crippen LogP contribution in [0.1, 0.15) is 104 Å². The molecule has 0 aromatic carbocycles. The summed E-state index contributed by atoms with van der Waals surface area (Å²) >= 11 is 0. The van der Waals surface area contributed by atoms with Gasteiger partial charge in [-0.1, -0.05) is 90.9 Å². The summed E-state index contributed by atoms with van der Waals surface area (Å²) in [6.45, 7) is 4.17. The molecule has 1 N–H and O–H groups in total. The van der Waals surface area contributed by atoms with Crippen LogP contribution < -0.4 is 51.4 Å². The van der Waals surface area contributed by atoms with E-state index in [1.165, 1.54) is 44.9 Å². The monoisotopic (exact) mass is 388 g/mol. The van der Waals surface area contributed by atoms with E-state index in [1.54, 1.807) is 0 Å². The Balaban J connectivity index is 0. The number of hydrogen-bond donors (Lipinski definition) is 1. The summed E-state index contributed by atoms with van der Waals surface area (Å²) < 4.78 is 33.7. The van der Waals surface area contributed by atoms with Crippen molar-refractivity contribution in [3.05, 3.63) is 0 Å². The maximum absolute atomic E-state index is 11.2. The molecule has 0 spiro atoms. The van der Waals surface area contributed by atoms with Gasteiger partial charge in [-0.15, -0.1) is 0 Å². The molecule has 0 heterocycles. The molecule has 140 valence electrons. The van der Waals surface area contributed by atoms with Crippen LogP contribution in [0.25, 0.3) is 0 Å². The van der Waals surface area contributed by atoms with Crippen LogP contribution in [-0.4, -0.2) is 29.4 Å². The normalized spacial score (nSPS) is 14.2. The Morgan fingerprint density at radius 3 is 1.58 bits per heavy atom. The Hall–Kier alpha value is 1.51. The standard InChI is InChI=1S/C18H38O4S.K/c1-3-5-7-8-9-10-11-12-13-14-15-17(19)18(16-6-4-2)23(20,21)22;/h17-19H,3-16H2,1-2H3,(H,20,21,22);/q;+1/p-1. The smallest absolute Gasteiger partial charge is 0.748 e. The van der Waals surface area contributed by atoms with E-state index in [9.17, 15) is 18.1 Å². The number of rotatable bonds is 16. The second-order valence-electron chi connectivity index (χ2n) is 6.71. The Morgan fingerprint density at radius 2 is 1.17 bits per heavy atom. The summed E-state index contributed by atoms with van der Waals surface area (Å²) in [5, 5.41) is 8.89. The molecular formula is C18H37KO4S. The van der Waals surface area contributed by atoms with Gasteiger partial charge < -0.3 is 9.66 Å². The Morgan fingerprint density at radius 1 is 0.750 bits per heavy atom. The molecule has 0 saturated carbocycles. The zero-order chi connectivity index (χ0) is 17.6. The van der Waals surface area contributed by atoms with Gasteiger partial charge in [-0.25, -0.2) is 8.42 Å². The van der Waals surface area contributed by atoms with Crippen molar-refractivity contribution >= 4 is 10.1 Å². The van der Waals surface area contributed by atoms with Crippen LogP contribution in [0.3, 0.4) is 0 Å². The molecule has 0 aliphatic carbocycles. The average molecular weight is 389 g/mol. The van der Waals surface area contributed by atoms with Crippen LogP contribution >= 0.6 is 0 Å². The molecule has 0 fully saturated rings. The molecule has 4 nitrogen and oxygen atoms in total. The minimum absolute atomic E-state index is 0. The van der Waals surface area contributed by atoms with E-state index in [-0.39, 0.29) is 57.8 Å². The van der Waals surface area contributed by atoms with Gasteiger partial charge in [0.05, 0.1) is 11.4 Å². The van der Waals surface area contributed by atoms with E-state index < -0.39 is 21.5 Å². The molecule has 2 unspecified atom stereocenters. The van der Waals surface area contributed by atoms with E-state index >= 15 is 0 Å². The molecule has 0 aromatic rings. The molecule has 0 saturated heterocycles. The summed E-state index contributed by atoms with van der Waals surface area (Å²) in [6, 6.07) is 0. The van der Waals surface area contributed by atoms with Crippen molar-refractivity contribution in [1.29, 1.82) is 0 Å². The van der Waals surface area contributed by atoms with Crippen molar-refractivity contribution in [3.8, 4) is 0 Å². The van der Waals surface area contributed by atoms with Crippen LogP contribution in [0, 0.1) is 0 Å². The van der Waals surface area contributed by atoms with Crippen molar-refractivity contribution in [3.63, 3.8) is 0 Å². The predicted octanol–water partition coefficient (Wildman–Crippen LogP) is 1.77. The van der Waals surface area contributed by atoms with Crippen molar-refractivity contribution in [2.24, 2.45) is 0 Å². The van der Waals surface area contributed by atoms with Crippen molar-refractivity contribution in [2.75, 3.05) is 0 Å². The van der Waals surface area contributed by atoms with Crippen LogP contribution in [0.5, 0.6) is 0 Å². The first kappa shape index (κ1) is 27.7. The summed E-state index contributed by atoms with van der Waals surface area (Å²) in [6.07, 6.45) is 13.2. The summed E-state index contributed by atoms with van der Waals surface area (Å²) in [5.41, 5.74) is 0. The quantitative estimate of drug-likeness (QED) is 0.248. The van der Waals surface area contributed by atoms with E-state index in [1.807, 2.05) is 6.92 Å². The van der Waals surface area contributed by atoms with E-state index in [4.69, 9.17) is 0 Å². The number of hydrogen-bond acceptors (Lipinski definition) is 4. The zero-order valence-corrected chi connectivity index (χ0v) is 20.1. The largest absolute Gasteiger partial charge is 1.00 e. The molecule has 0 amide bonds. The van der Waals surface area contributed by atoms with Crippen molar-refractivity contribution in [2.45, 2.75) is 115 Å². The van der Waals surface area contributed by atoms with Crippen LogP contribution in [0.4, 0.5) is 0 Å². The molecule has 2 atom stereocenters. The second-order valence-corrected chi connectivity index (χ2v) is 8.30. The van der Waals surface area contributed by atoms with E-state index in [2.05, 4.69) is 6.92 Å². The van der Waals surface area contributed by atoms with E-state index in [0.29, 0.717) is 12.8 Å². The predicted molar refractivity (Wildman–Crippen MR) is 95.5 cm³/mol. The van der Waals surface area contributed by atoms with Crippen molar-refractivity contribution in [1.82, 2.24) is 0 Å². The fourth-order valence-electron chi connectivity index (χ4n) is 2.96. The fourth-order valence-corrected chi connectivity index (χ4v) is 3.94. The molecule has 6 heteroatoms. The van der Waals surface area contributed by atoms with Gasteiger partial charge in [-0.3, -0.25) is 0 Å². The Kier molecular flexibility index (Phi) is 20.7. The van der Waals surface area contributed by atoms with Crippen molar-refractivity contribution < 1.29 is 69.5 Å². The molecule has 24 heavy (non-hydrogen) atoms. The first-order valence-electron chi connectivity index (χ1n) is 9.56. The zero-order valence-electron chi connectivity index (χ0n) is 16.1. The second kappa shape index (κ2) is 17.9. The number of unbranched alkanes of at least 4 members (excludes halogenated alkanes) is 10. The SMILES string of the molecule is CCCCCCCCCCCCC(O)C(CCCC)S(=O)(=O)[O-].[K+]. The summed E-state index contributed by atoms with van der Waals surface area (Å²) in [7, 11) is -4.40. The number of aliphatic hydroxyl groups excluding tert-OH is 1. The van der Waals surface area contributed by atoms with Gasteiger partial charge >= 0.3 is 51.4 Å². The Bertz CT molecular complexity index is 360. The van der Waals surface area contributed by atoms with Crippen LogP contribution in [-0.2, 0) is 10.1 Å². The van der Waals surface area contributed by atoms with Crippen LogP contribution in [0.15, 0.2) is 0 Å².